The predicted molar refractivity (Wildman–Crippen MR) is 88.3 cm³/mol. The monoisotopic (exact) mass is 326 g/mol. The van der Waals surface area contributed by atoms with E-state index in [0.29, 0.717) is 18.8 Å². The highest BCUT2D eigenvalue weighted by Crippen LogP contribution is 2.49. The molecular formula is C20H29F3. The van der Waals surface area contributed by atoms with Gasteiger partial charge in [0.05, 0.1) is 0 Å². The third kappa shape index (κ3) is 3.25. The minimum atomic E-state index is -2.42. The average Bonchev–Trinajstić information content (AvgIpc) is 2.60. The van der Waals surface area contributed by atoms with Gasteiger partial charge in [0.1, 0.15) is 5.83 Å². The molecule has 0 radical (unpaired) electrons. The molecule has 3 heteroatoms. The van der Waals surface area contributed by atoms with Gasteiger partial charge in [0, 0.05) is 5.92 Å². The molecule has 0 bridgehead atoms. The maximum absolute atomic E-state index is 15.0. The molecule has 3 rings (SSSR count). The Labute approximate surface area is 138 Å². The van der Waals surface area contributed by atoms with Gasteiger partial charge in [-0.05, 0) is 68.4 Å². The minimum absolute atomic E-state index is 0.512. The van der Waals surface area contributed by atoms with Crippen molar-refractivity contribution in [1.82, 2.24) is 0 Å². The Balaban J connectivity index is 1.56. The highest BCUT2D eigenvalue weighted by Gasteiger charge is 2.51. The van der Waals surface area contributed by atoms with Crippen molar-refractivity contribution in [3.05, 3.63) is 24.1 Å². The summed E-state index contributed by atoms with van der Waals surface area (Å²) in [5, 5.41) is 0. The summed E-state index contributed by atoms with van der Waals surface area (Å²) < 4.78 is 43.1. The topological polar surface area (TPSA) is 0 Å². The first-order chi connectivity index (χ1) is 11.1. The number of allylic oxidation sites excluding steroid dienone is 4. The van der Waals surface area contributed by atoms with Crippen molar-refractivity contribution in [2.75, 3.05) is 0 Å². The third-order valence-corrected chi connectivity index (χ3v) is 6.79. The maximum atomic E-state index is 15.0. The van der Waals surface area contributed by atoms with Crippen molar-refractivity contribution in [3.8, 4) is 0 Å². The SMILES string of the molecule is CC[C@H]1CC[C@H](C2CCC(C3(F)C(F)=CC=CC3F)CC2)CC1. The van der Waals surface area contributed by atoms with Crippen molar-refractivity contribution >= 4 is 0 Å². The molecule has 3 aliphatic rings. The quantitative estimate of drug-likeness (QED) is 0.557. The van der Waals surface area contributed by atoms with E-state index in [1.54, 1.807) is 0 Å². The van der Waals surface area contributed by atoms with Gasteiger partial charge in [-0.3, -0.25) is 0 Å². The Morgan fingerprint density at radius 1 is 1.00 bits per heavy atom. The number of rotatable bonds is 3. The highest BCUT2D eigenvalue weighted by atomic mass is 19.2. The standard InChI is InChI=1S/C20H29F3/c1-2-14-6-8-15(9-7-14)16-10-12-17(13-11-16)20(23)18(21)4-3-5-19(20)22/h3-5,14-18H,2,6-13H2,1H3/t14-,15-,16?,17?,18?,20?. The van der Waals surface area contributed by atoms with Crippen molar-refractivity contribution in [2.24, 2.45) is 23.7 Å². The zero-order chi connectivity index (χ0) is 16.4. The zero-order valence-corrected chi connectivity index (χ0v) is 14.1. The molecule has 2 atom stereocenters. The first-order valence-corrected chi connectivity index (χ1v) is 9.43. The summed E-state index contributed by atoms with van der Waals surface area (Å²) in [7, 11) is 0. The molecule has 0 aromatic rings. The van der Waals surface area contributed by atoms with Crippen LogP contribution in [0, 0.1) is 23.7 Å². The fourth-order valence-electron chi connectivity index (χ4n) is 5.14. The van der Waals surface area contributed by atoms with E-state index in [4.69, 9.17) is 0 Å². The van der Waals surface area contributed by atoms with E-state index in [9.17, 15) is 8.78 Å². The molecule has 2 saturated carbocycles. The molecule has 0 aromatic heterocycles. The second-order valence-electron chi connectivity index (χ2n) is 7.87. The van der Waals surface area contributed by atoms with Gasteiger partial charge in [-0.25, -0.2) is 13.2 Å². The molecule has 130 valence electrons. The maximum Gasteiger partial charge on any atom is 0.199 e. The summed E-state index contributed by atoms with van der Waals surface area (Å²) in [6.45, 7) is 2.27. The van der Waals surface area contributed by atoms with Crippen LogP contribution in [0.2, 0.25) is 0 Å². The van der Waals surface area contributed by atoms with Gasteiger partial charge in [-0.15, -0.1) is 0 Å². The smallest absolute Gasteiger partial charge is 0.199 e. The Hall–Kier alpha value is -0.730. The van der Waals surface area contributed by atoms with Crippen LogP contribution in [-0.4, -0.2) is 11.8 Å². The van der Waals surface area contributed by atoms with Gasteiger partial charge in [-0.1, -0.05) is 32.3 Å². The molecule has 0 N–H and O–H groups in total. The molecule has 0 aromatic carbocycles. The minimum Gasteiger partial charge on any atom is -0.239 e. The van der Waals surface area contributed by atoms with Crippen LogP contribution in [0.1, 0.15) is 64.7 Å². The van der Waals surface area contributed by atoms with Crippen LogP contribution in [0.5, 0.6) is 0 Å². The van der Waals surface area contributed by atoms with E-state index in [1.807, 2.05) is 0 Å². The lowest BCUT2D eigenvalue weighted by molar-refractivity contribution is -0.00252. The number of halogens is 3. The second-order valence-corrected chi connectivity index (χ2v) is 7.87. The normalized spacial score (nSPS) is 44.9. The molecule has 3 aliphatic carbocycles. The fourth-order valence-corrected chi connectivity index (χ4v) is 5.14. The molecule has 0 aliphatic heterocycles. The largest absolute Gasteiger partial charge is 0.239 e. The van der Waals surface area contributed by atoms with E-state index in [2.05, 4.69) is 6.92 Å². The molecule has 2 fully saturated rings. The van der Waals surface area contributed by atoms with Gasteiger partial charge >= 0.3 is 0 Å². The van der Waals surface area contributed by atoms with Crippen LogP contribution in [0.15, 0.2) is 24.1 Å². The van der Waals surface area contributed by atoms with E-state index >= 15 is 4.39 Å². The molecule has 0 amide bonds. The summed E-state index contributed by atoms with van der Waals surface area (Å²) >= 11 is 0. The van der Waals surface area contributed by atoms with Gasteiger partial charge < -0.3 is 0 Å². The zero-order valence-electron chi connectivity index (χ0n) is 14.1. The van der Waals surface area contributed by atoms with Crippen LogP contribution in [-0.2, 0) is 0 Å². The molecule has 0 saturated heterocycles. The summed E-state index contributed by atoms with van der Waals surface area (Å²) in [5.74, 6) is 0.845. The van der Waals surface area contributed by atoms with Crippen LogP contribution in [0.3, 0.4) is 0 Å². The lowest BCUT2D eigenvalue weighted by atomic mass is 9.65. The number of hydrogen-bond acceptors (Lipinski definition) is 0. The van der Waals surface area contributed by atoms with Crippen LogP contribution in [0.25, 0.3) is 0 Å². The Morgan fingerprint density at radius 3 is 2.09 bits per heavy atom. The number of alkyl halides is 2. The van der Waals surface area contributed by atoms with E-state index in [0.717, 1.165) is 36.8 Å². The Kier molecular flexibility index (Phi) is 5.22. The van der Waals surface area contributed by atoms with Gasteiger partial charge in [0.25, 0.3) is 0 Å². The van der Waals surface area contributed by atoms with Gasteiger partial charge in [0.15, 0.2) is 11.8 Å². The lowest BCUT2D eigenvalue weighted by Crippen LogP contribution is -2.45. The van der Waals surface area contributed by atoms with Crippen molar-refractivity contribution in [2.45, 2.75) is 76.6 Å². The summed E-state index contributed by atoms with van der Waals surface area (Å²) in [5.41, 5.74) is -2.42. The lowest BCUT2D eigenvalue weighted by Gasteiger charge is -2.42. The average molecular weight is 326 g/mol. The van der Waals surface area contributed by atoms with Crippen molar-refractivity contribution in [3.63, 3.8) is 0 Å². The summed E-state index contributed by atoms with van der Waals surface area (Å²) in [6, 6.07) is 0. The van der Waals surface area contributed by atoms with Crippen LogP contribution < -0.4 is 0 Å². The van der Waals surface area contributed by atoms with Gasteiger partial charge in [-0.2, -0.15) is 0 Å². The van der Waals surface area contributed by atoms with Gasteiger partial charge in [0.2, 0.25) is 0 Å². The third-order valence-electron chi connectivity index (χ3n) is 6.79. The first-order valence-electron chi connectivity index (χ1n) is 9.43. The Bertz CT molecular complexity index is 454. The van der Waals surface area contributed by atoms with Crippen LogP contribution in [0.4, 0.5) is 13.2 Å². The summed E-state index contributed by atoms with van der Waals surface area (Å²) in [6.07, 6.45) is 11.3. The molecular weight excluding hydrogens is 297 g/mol. The molecule has 23 heavy (non-hydrogen) atoms. The van der Waals surface area contributed by atoms with Crippen molar-refractivity contribution < 1.29 is 13.2 Å². The van der Waals surface area contributed by atoms with E-state index < -0.39 is 23.6 Å². The van der Waals surface area contributed by atoms with E-state index in [1.165, 1.54) is 38.2 Å². The molecule has 0 nitrogen and oxygen atoms in total. The first kappa shape index (κ1) is 17.1. The van der Waals surface area contributed by atoms with Crippen LogP contribution >= 0.6 is 0 Å². The van der Waals surface area contributed by atoms with E-state index in [-0.39, 0.29) is 0 Å². The summed E-state index contributed by atoms with van der Waals surface area (Å²) in [4.78, 5) is 0. The van der Waals surface area contributed by atoms with Crippen molar-refractivity contribution in [1.29, 1.82) is 0 Å². The predicted octanol–water partition coefficient (Wildman–Crippen LogP) is 6.48. The molecule has 0 heterocycles. The molecule has 2 unspecified atom stereocenters. The molecule has 0 spiro atoms. The Morgan fingerprint density at radius 2 is 1.57 bits per heavy atom. The number of hydrogen-bond donors (Lipinski definition) is 0. The second kappa shape index (κ2) is 7.03. The highest BCUT2D eigenvalue weighted by molar-refractivity contribution is 5.29. The fraction of sp³-hybridized carbons (Fsp3) is 0.800.